The van der Waals surface area contributed by atoms with Gasteiger partial charge in [-0.25, -0.2) is 68.6 Å². The lowest BCUT2D eigenvalue weighted by Crippen LogP contribution is -2.25. The monoisotopic (exact) mass is 2180 g/mol. The number of fused-ring (bicyclic) bond motifs is 4. The molecule has 48 heteroatoms. The van der Waals surface area contributed by atoms with Gasteiger partial charge in [-0.2, -0.15) is 0 Å². The van der Waals surface area contributed by atoms with Crippen molar-refractivity contribution in [2.45, 2.75) is 165 Å². The zero-order chi connectivity index (χ0) is 105. The van der Waals surface area contributed by atoms with Crippen LogP contribution in [-0.2, 0) is 73.6 Å². The van der Waals surface area contributed by atoms with Gasteiger partial charge in [-0.15, -0.1) is 0 Å². The zero-order valence-electron chi connectivity index (χ0n) is 82.6. The van der Waals surface area contributed by atoms with E-state index in [0.29, 0.717) is 164 Å². The van der Waals surface area contributed by atoms with Crippen LogP contribution in [0.4, 0.5) is 74.1 Å². The van der Waals surface area contributed by atoms with Crippen LogP contribution >= 0.6 is 81.2 Å². The van der Waals surface area contributed by atoms with Crippen LogP contribution in [0.2, 0.25) is 35.4 Å². The van der Waals surface area contributed by atoms with E-state index in [1.165, 1.54) is 47.2 Å². The molecule has 3 unspecified atom stereocenters. The van der Waals surface area contributed by atoms with Crippen LogP contribution in [-0.4, -0.2) is 191 Å². The smallest absolute Gasteiger partial charge is 0.232 e. The number of nitrogen functional groups attached to an aromatic ring is 2. The number of nitrogens with two attached hydrogens (primary N) is 2. The van der Waals surface area contributed by atoms with E-state index in [1.54, 1.807) is 97.5 Å². The molecule has 3 saturated heterocycles. The number of halogens is 7. The van der Waals surface area contributed by atoms with Gasteiger partial charge in [0.1, 0.15) is 74.5 Å². The summed E-state index contributed by atoms with van der Waals surface area (Å²) < 4.78 is 124. The molecule has 0 aliphatic carbocycles. The van der Waals surface area contributed by atoms with Gasteiger partial charge in [0.2, 0.25) is 40.1 Å². The van der Waals surface area contributed by atoms with Gasteiger partial charge in [0.25, 0.3) is 0 Å². The minimum atomic E-state index is -3.53. The number of nitrogens with one attached hydrogen (secondary N) is 3. The fourth-order valence-electron chi connectivity index (χ4n) is 16.0. The van der Waals surface area contributed by atoms with Crippen molar-refractivity contribution in [3.8, 4) is 0 Å². The first kappa shape index (κ1) is 110. The van der Waals surface area contributed by atoms with Gasteiger partial charge < -0.3 is 41.6 Å². The van der Waals surface area contributed by atoms with Gasteiger partial charge in [-0.1, -0.05) is 81.2 Å². The number of sulfonamides is 4. The molecule has 3 atom stereocenters. The normalized spacial score (nSPS) is 15.3. The van der Waals surface area contributed by atoms with Crippen LogP contribution < -0.4 is 44.6 Å². The molecule has 14 heterocycles. The molecule has 7 N–H and O–H groups in total. The Morgan fingerprint density at radius 2 is 0.715 bits per heavy atom. The summed E-state index contributed by atoms with van der Waals surface area (Å²) >= 11 is 42.8. The number of hydrogen-bond acceptors (Lipinski definition) is 30. The van der Waals surface area contributed by atoms with Gasteiger partial charge >= 0.3 is 0 Å². The summed E-state index contributed by atoms with van der Waals surface area (Å²) in [5, 5.41) is 13.0. The van der Waals surface area contributed by atoms with Crippen molar-refractivity contribution >= 4 is 235 Å². The van der Waals surface area contributed by atoms with E-state index in [0.717, 1.165) is 191 Å². The number of nitrogens with zero attached hydrogens (tertiary/aromatic N) is 21. The summed E-state index contributed by atoms with van der Waals surface area (Å²) in [5.74, 6) is 2.90. The second kappa shape index (κ2) is 46.6. The number of aliphatic imine (C=N–C) groups is 1. The Morgan fingerprint density at radius 3 is 1.11 bits per heavy atom. The van der Waals surface area contributed by atoms with Crippen LogP contribution in [0.25, 0.3) is 33.5 Å². The third-order valence-corrected chi connectivity index (χ3v) is 30.4. The van der Waals surface area contributed by atoms with Crippen LogP contribution in [0.5, 0.6) is 0 Å². The summed E-state index contributed by atoms with van der Waals surface area (Å²) in [4.78, 5) is 63.5. The molecule has 3 fully saturated rings. The average molecular weight is 2180 g/mol. The molecule has 0 bridgehead atoms. The molecule has 766 valence electrons. The van der Waals surface area contributed by atoms with Crippen LogP contribution in [0, 0.1) is 62.3 Å². The number of ether oxygens (including phenoxy) is 3. The topological polar surface area (TPSA) is 460 Å². The van der Waals surface area contributed by atoms with Gasteiger partial charge in [0.05, 0.1) is 156 Å². The maximum atomic E-state index is 12.4. The van der Waals surface area contributed by atoms with E-state index < -0.39 is 40.1 Å². The lowest BCUT2D eigenvalue weighted by molar-refractivity contribution is -0.0310. The van der Waals surface area contributed by atoms with Crippen LogP contribution in [0.3, 0.4) is 0 Å². The SMILES string of the molecule is CC1=Nc2c(Nc3ccc(Cl)cc3N(C)S(C)(=O)=O)cc(Cc3cnc(C)c(C)n3)nc2C1.CN(c1cc(Cl)ccc1N)S(C)(=O)=O.Cc1nc2c(Cl)cc(Cl)nc2n1C1CCCCO1.Cc1nc2c(Nc3ccc(Cl)cc3N(C)S(C)(=O)=O)cc(Cl)nc2n1C1CCCCO1.Cc1ncc(Cc2cc(Nc3ccc(Cl)cc3N(C)S(C)(=O)=O)c3nc(C)n(C4CCCCO4)c3n2)nc1C.Cc1ncc(N)nc1C. The minimum Gasteiger partial charge on any atom is -0.397 e. The van der Waals surface area contributed by atoms with Gasteiger partial charge in [-0.05, 0) is 218 Å². The molecule has 18 rings (SSSR count). The third-order valence-electron chi connectivity index (χ3n) is 24.0. The van der Waals surface area contributed by atoms with Crippen molar-refractivity contribution in [1.29, 1.82) is 0 Å². The second-order valence-corrected chi connectivity index (χ2v) is 46.0. The molecule has 37 nitrogen and oxygen atoms in total. The summed E-state index contributed by atoms with van der Waals surface area (Å²) in [6.07, 6.45) is 20.2. The Bertz CT molecular complexity index is 7680. The Balaban J connectivity index is 0.000000152. The first-order chi connectivity index (χ1) is 67.8. The molecular formula is C96H113Cl7N26O11S4. The lowest BCUT2D eigenvalue weighted by atomic mass is 10.1. The van der Waals surface area contributed by atoms with E-state index in [2.05, 4.69) is 65.4 Å². The molecule has 0 amide bonds. The number of imidazole rings is 3. The highest BCUT2D eigenvalue weighted by molar-refractivity contribution is 7.92. The summed E-state index contributed by atoms with van der Waals surface area (Å²) in [6.45, 7) is 21.4. The van der Waals surface area contributed by atoms with Crippen molar-refractivity contribution in [3.05, 3.63) is 231 Å². The number of anilines is 12. The fourth-order valence-corrected chi connectivity index (χ4v) is 19.3. The van der Waals surface area contributed by atoms with E-state index in [1.807, 2.05) is 90.5 Å². The molecule has 4 aromatic carbocycles. The highest BCUT2D eigenvalue weighted by Gasteiger charge is 2.31. The van der Waals surface area contributed by atoms with Crippen molar-refractivity contribution in [1.82, 2.24) is 78.5 Å². The molecule has 14 aromatic rings. The Morgan fingerprint density at radius 1 is 0.368 bits per heavy atom. The lowest BCUT2D eigenvalue weighted by Gasteiger charge is -2.25. The van der Waals surface area contributed by atoms with E-state index in [4.69, 9.17) is 132 Å². The molecule has 10 aromatic heterocycles. The average Bonchev–Trinajstić information content (AvgIpc) is 1.61. The third kappa shape index (κ3) is 27.3. The predicted molar refractivity (Wildman–Crippen MR) is 577 cm³/mol. The van der Waals surface area contributed by atoms with Crippen molar-refractivity contribution < 1.29 is 47.9 Å². The van der Waals surface area contributed by atoms with Crippen molar-refractivity contribution in [3.63, 3.8) is 0 Å². The van der Waals surface area contributed by atoms with Crippen molar-refractivity contribution in [2.75, 3.05) is 118 Å². The maximum absolute atomic E-state index is 12.4. The Kier molecular flexibility index (Phi) is 35.6. The molecule has 0 radical (unpaired) electrons. The highest BCUT2D eigenvalue weighted by atomic mass is 35.5. The predicted octanol–water partition coefficient (Wildman–Crippen LogP) is 20.4. The van der Waals surface area contributed by atoms with Gasteiger partial charge in [0, 0.05) is 117 Å². The number of aryl methyl sites for hydroxylation is 9. The van der Waals surface area contributed by atoms with E-state index >= 15 is 0 Å². The number of pyridine rings is 4. The standard InChI is InChI=1S/C27H32ClN7O3S.C23H25ClN6O2S.C20H23Cl2N5O3S.C12H13Cl2N3O.C8H11ClN2O2S.C6H9N3/c1-16-17(2)30-21(15-29-16)13-20-14-23(33-22-10-9-19(28)12-24(22)34(4)39(5,36)37)26-27(32-20)35(18(3)31-26)25-8-6-7-11-38-25;1-13-8-20-23(26-13)21(11-17(28-20)10-18-12-25-14(2)15(3)27-18)29-19-7-6-16(24)9-22(19)30(4)33(5,31)32;1-12-23-19-15(11-17(22)25-20(19)27(12)18-6-4-5-9-30-18)24-14-8-7-13(21)10-16(14)26(2)31(3,28)29;1-7-15-11-8(13)6-9(14)16-12(11)17(7)10-4-2-3-5-18-10;1-11(14(2,12)13)8-5-6(9)3-4-7(8)10;1-4-5(2)9-6(7)3-8-4/h9-10,12,14-15,25H,6-8,11,13H2,1-5H3,(H,32,33);6-7,9,11-12H,8,10H2,1-5H3,(H,28,29);7-8,10-11,18H,4-6,9H2,1-3H3,(H,24,25);6,10H,2-5H2,1H3;3-5H,10H2,1-2H3;3H,1-2H3,(H2,7,9). The van der Waals surface area contributed by atoms with E-state index in [-0.39, 0.29) is 18.7 Å². The first-order valence-electron chi connectivity index (χ1n) is 45.6. The number of benzene rings is 4. The first-order valence-corrected chi connectivity index (χ1v) is 55.6. The summed E-state index contributed by atoms with van der Waals surface area (Å²) in [5.41, 5.74) is 32.0. The quantitative estimate of drug-likeness (QED) is 0.0329. The fraction of sp³-hybridized carbons (Fsp3) is 0.375. The van der Waals surface area contributed by atoms with E-state index in [9.17, 15) is 33.7 Å². The minimum absolute atomic E-state index is 0.00853. The molecule has 4 aliphatic rings. The molecular weight excluding hydrogens is 2070 g/mol. The second-order valence-electron chi connectivity index (χ2n) is 35.0. The number of rotatable bonds is 21. The van der Waals surface area contributed by atoms with Gasteiger partial charge in [-0.3, -0.25) is 65.8 Å². The zero-order valence-corrected chi connectivity index (χ0v) is 91.2. The Hall–Kier alpha value is -11.3. The summed E-state index contributed by atoms with van der Waals surface area (Å²) in [6, 6.07) is 27.0. The number of hydrogen-bond donors (Lipinski definition) is 5. The number of aromatic nitrogens is 16. The molecule has 4 aliphatic heterocycles. The van der Waals surface area contributed by atoms with Gasteiger partial charge in [0.15, 0.2) is 16.9 Å². The molecule has 144 heavy (non-hydrogen) atoms. The molecule has 0 spiro atoms. The van der Waals surface area contributed by atoms with Crippen LogP contribution in [0.15, 0.2) is 121 Å². The Labute approximate surface area is 872 Å². The van der Waals surface area contributed by atoms with Crippen molar-refractivity contribution in [2.24, 2.45) is 4.99 Å². The van der Waals surface area contributed by atoms with Crippen LogP contribution in [0.1, 0.15) is 164 Å². The maximum Gasteiger partial charge on any atom is 0.232 e. The highest BCUT2D eigenvalue weighted by Crippen LogP contribution is 2.44. The summed E-state index contributed by atoms with van der Waals surface area (Å²) in [7, 11) is -7.92. The molecule has 0 saturated carbocycles. The largest absolute Gasteiger partial charge is 0.397 e.